The summed E-state index contributed by atoms with van der Waals surface area (Å²) in [5, 5.41) is 3.99. The quantitative estimate of drug-likeness (QED) is 0.237. The predicted molar refractivity (Wildman–Crippen MR) is 140 cm³/mol. The zero-order chi connectivity index (χ0) is 22.9. The Labute approximate surface area is 199 Å². The maximum absolute atomic E-state index is 4.89. The molecule has 5 aromatic rings. The lowest BCUT2D eigenvalue weighted by Gasteiger charge is -2.50. The van der Waals surface area contributed by atoms with Gasteiger partial charge in [-0.2, -0.15) is 0 Å². The van der Waals surface area contributed by atoms with Gasteiger partial charge in [0.2, 0.25) is 0 Å². The van der Waals surface area contributed by atoms with Gasteiger partial charge in [0.1, 0.15) is 12.6 Å². The number of hydrogen-bond donors (Lipinski definition) is 2. The number of pyridine rings is 1. The van der Waals surface area contributed by atoms with Crippen molar-refractivity contribution in [3.05, 3.63) is 89.4 Å². The molecule has 34 heavy (non-hydrogen) atoms. The second kappa shape index (κ2) is 7.31. The molecular weight excluding hydrogens is 416 g/mol. The number of piperidine rings is 1. The Bertz CT molecular complexity index is 1590. The Kier molecular flexibility index (Phi) is 4.31. The first-order chi connectivity index (χ1) is 16.6. The summed E-state index contributed by atoms with van der Waals surface area (Å²) >= 11 is 0. The fourth-order valence-corrected chi connectivity index (χ4v) is 6.90. The van der Waals surface area contributed by atoms with Crippen LogP contribution in [-0.4, -0.2) is 39.6 Å². The minimum atomic E-state index is 0.503. The number of likely N-dealkylation sites (N-methyl/N-ethyl adjacent to an activating group) is 1. The third kappa shape index (κ3) is 2.85. The van der Waals surface area contributed by atoms with Crippen LogP contribution in [-0.2, 0) is 12.8 Å². The molecule has 2 N–H and O–H groups in total. The molecule has 2 aliphatic heterocycles. The second-order valence-electron chi connectivity index (χ2n) is 10.5. The number of aromatic nitrogens is 3. The molecule has 0 aliphatic carbocycles. The van der Waals surface area contributed by atoms with Gasteiger partial charge in [-0.25, -0.2) is 0 Å². The average Bonchev–Trinajstić information content (AvgIpc) is 3.43. The van der Waals surface area contributed by atoms with Crippen molar-refractivity contribution in [2.45, 2.75) is 32.2 Å². The average molecular weight is 448 g/mol. The molecule has 3 atom stereocenters. The minimum Gasteiger partial charge on any atom is -0.353 e. The number of nitrogens with zero attached hydrogens (tertiary/aromatic N) is 2. The van der Waals surface area contributed by atoms with E-state index in [0.29, 0.717) is 12.0 Å². The van der Waals surface area contributed by atoms with Crippen molar-refractivity contribution in [2.24, 2.45) is 5.92 Å². The zero-order valence-corrected chi connectivity index (χ0v) is 19.9. The fraction of sp³-hybridized carbons (Fsp3) is 0.300. The highest BCUT2D eigenvalue weighted by molar-refractivity contribution is 6.07. The molecule has 4 heteroatoms. The first-order valence-corrected chi connectivity index (χ1v) is 12.6. The molecule has 1 fully saturated rings. The second-order valence-corrected chi connectivity index (χ2v) is 10.5. The molecule has 5 heterocycles. The number of nitrogens with one attached hydrogen (secondary N) is 2. The van der Waals surface area contributed by atoms with Crippen molar-refractivity contribution < 1.29 is 4.48 Å². The Hall–Kier alpha value is -3.37. The van der Waals surface area contributed by atoms with Crippen molar-refractivity contribution in [1.82, 2.24) is 15.0 Å². The van der Waals surface area contributed by atoms with Gasteiger partial charge < -0.3 is 14.5 Å². The van der Waals surface area contributed by atoms with Crippen molar-refractivity contribution in [3.63, 3.8) is 0 Å². The van der Waals surface area contributed by atoms with Gasteiger partial charge in [0.05, 0.1) is 30.5 Å². The third-order valence-corrected chi connectivity index (χ3v) is 8.70. The van der Waals surface area contributed by atoms with E-state index in [4.69, 9.17) is 4.98 Å². The third-order valence-electron chi connectivity index (χ3n) is 8.70. The molecule has 2 aliphatic rings. The Balaban J connectivity index is 1.30. The lowest BCUT2D eigenvalue weighted by atomic mass is 9.78. The normalized spacial score (nSPS) is 25.8. The van der Waals surface area contributed by atoms with E-state index in [1.807, 2.05) is 6.20 Å². The summed E-state index contributed by atoms with van der Waals surface area (Å²) in [5.41, 5.74) is 9.51. The Morgan fingerprint density at radius 1 is 0.971 bits per heavy atom. The van der Waals surface area contributed by atoms with Crippen LogP contribution in [0.2, 0.25) is 0 Å². The summed E-state index contributed by atoms with van der Waals surface area (Å²) in [5.74, 6) is 0.503. The lowest BCUT2D eigenvalue weighted by Crippen LogP contribution is -2.56. The smallest absolute Gasteiger partial charge is 0.131 e. The monoisotopic (exact) mass is 447 g/mol. The number of fused-ring (bicyclic) bond motifs is 8. The van der Waals surface area contributed by atoms with E-state index in [0.717, 1.165) is 30.3 Å². The van der Waals surface area contributed by atoms with Crippen LogP contribution < -0.4 is 0 Å². The van der Waals surface area contributed by atoms with Gasteiger partial charge in [-0.3, -0.25) is 4.98 Å². The number of quaternary nitrogens is 1. The van der Waals surface area contributed by atoms with E-state index in [-0.39, 0.29) is 0 Å². The van der Waals surface area contributed by atoms with Gasteiger partial charge in [0.15, 0.2) is 0 Å². The van der Waals surface area contributed by atoms with Gasteiger partial charge in [-0.1, -0.05) is 42.5 Å². The van der Waals surface area contributed by atoms with Crippen LogP contribution in [0.25, 0.3) is 32.7 Å². The summed E-state index contributed by atoms with van der Waals surface area (Å²) < 4.78 is 1.11. The van der Waals surface area contributed by atoms with Crippen molar-refractivity contribution >= 4 is 32.7 Å². The summed E-state index contributed by atoms with van der Waals surface area (Å²) in [6.07, 6.45) is 7.68. The molecule has 0 bridgehead atoms. The predicted octanol–water partition coefficient (Wildman–Crippen LogP) is 6.45. The van der Waals surface area contributed by atoms with Gasteiger partial charge in [-0.05, 0) is 48.6 Å². The molecule has 0 spiro atoms. The van der Waals surface area contributed by atoms with Crippen LogP contribution >= 0.6 is 0 Å². The molecular formula is C30H31N4+. The first kappa shape index (κ1) is 20.0. The number of allylic oxidation sites excluding steroid dienone is 1. The SMILES string of the molecule is C/C=C1/C[N+]2(C)CCc3c([nH]c4ccccc34)[C@@H]2C[C@@H]1Cc1nccc2c1[nH]c1ccccc12. The summed E-state index contributed by atoms with van der Waals surface area (Å²) in [6.45, 7) is 4.56. The van der Waals surface area contributed by atoms with Crippen molar-refractivity contribution in [3.8, 4) is 0 Å². The number of para-hydroxylation sites is 2. The maximum atomic E-state index is 4.89. The van der Waals surface area contributed by atoms with Gasteiger partial charge in [-0.15, -0.1) is 0 Å². The molecule has 0 radical (unpaired) electrons. The lowest BCUT2D eigenvalue weighted by molar-refractivity contribution is -0.942. The maximum Gasteiger partial charge on any atom is 0.131 e. The van der Waals surface area contributed by atoms with Gasteiger partial charge >= 0.3 is 0 Å². The standard InChI is InChI=1S/C30H31N4/c1-3-19-18-34(2)15-13-24-22-9-5-7-11-26(22)33-30(24)28(34)17-20(19)16-27-29-23(12-14-31-27)21-8-4-6-10-25(21)32-29/h3-12,14,20,28,32-33H,13,15-18H2,1-2H3/q+1/b19-3-/t20-,28-,34?/m0/s1. The molecule has 1 saturated heterocycles. The van der Waals surface area contributed by atoms with Crippen molar-refractivity contribution in [1.29, 1.82) is 0 Å². The van der Waals surface area contributed by atoms with E-state index in [1.54, 1.807) is 11.1 Å². The van der Waals surface area contributed by atoms with E-state index in [1.165, 1.54) is 50.6 Å². The molecule has 2 aromatic carbocycles. The highest BCUT2D eigenvalue weighted by atomic mass is 15.4. The van der Waals surface area contributed by atoms with Gasteiger partial charge in [0, 0.05) is 46.2 Å². The number of aromatic amines is 2. The molecule has 0 saturated carbocycles. The number of rotatable bonds is 2. The Morgan fingerprint density at radius 3 is 2.56 bits per heavy atom. The molecule has 7 rings (SSSR count). The van der Waals surface area contributed by atoms with Gasteiger partial charge in [0.25, 0.3) is 0 Å². The van der Waals surface area contributed by atoms with E-state index < -0.39 is 0 Å². The summed E-state index contributed by atoms with van der Waals surface area (Å²) in [6, 6.07) is 20.1. The molecule has 1 unspecified atom stereocenters. The first-order valence-electron chi connectivity index (χ1n) is 12.6. The highest BCUT2D eigenvalue weighted by Gasteiger charge is 2.47. The van der Waals surface area contributed by atoms with Crippen LogP contribution in [0.3, 0.4) is 0 Å². The van der Waals surface area contributed by atoms with Crippen LogP contribution in [0.4, 0.5) is 0 Å². The molecule has 170 valence electrons. The fourth-order valence-electron chi connectivity index (χ4n) is 6.90. The van der Waals surface area contributed by atoms with Crippen molar-refractivity contribution in [2.75, 3.05) is 20.1 Å². The van der Waals surface area contributed by atoms with Crippen LogP contribution in [0.5, 0.6) is 0 Å². The van der Waals surface area contributed by atoms with Crippen LogP contribution in [0.15, 0.2) is 72.4 Å². The minimum absolute atomic E-state index is 0.503. The summed E-state index contributed by atoms with van der Waals surface area (Å²) in [4.78, 5) is 12.4. The molecule has 3 aromatic heterocycles. The van der Waals surface area contributed by atoms with E-state index in [9.17, 15) is 0 Å². The van der Waals surface area contributed by atoms with E-state index >= 15 is 0 Å². The number of hydrogen-bond acceptors (Lipinski definition) is 1. The topological polar surface area (TPSA) is 44.5 Å². The summed E-state index contributed by atoms with van der Waals surface area (Å²) in [7, 11) is 2.47. The van der Waals surface area contributed by atoms with Crippen LogP contribution in [0.1, 0.15) is 36.3 Å². The zero-order valence-electron chi connectivity index (χ0n) is 19.9. The number of H-pyrrole nitrogens is 2. The Morgan fingerprint density at radius 2 is 1.74 bits per heavy atom. The van der Waals surface area contributed by atoms with E-state index in [2.05, 4.69) is 84.6 Å². The highest BCUT2D eigenvalue weighted by Crippen LogP contribution is 2.47. The largest absolute Gasteiger partial charge is 0.353 e. The molecule has 4 nitrogen and oxygen atoms in total. The van der Waals surface area contributed by atoms with Crippen LogP contribution in [0, 0.1) is 5.92 Å². The molecule has 0 amide bonds. The number of benzene rings is 2.